The summed E-state index contributed by atoms with van der Waals surface area (Å²) in [5, 5.41) is 5.45. The molecule has 0 saturated carbocycles. The molecule has 2 rings (SSSR count). The van der Waals surface area contributed by atoms with Crippen LogP contribution in [0.1, 0.15) is 31.9 Å². The second-order valence-electron chi connectivity index (χ2n) is 4.16. The third-order valence-corrected chi connectivity index (χ3v) is 3.48. The first kappa shape index (κ1) is 11.5. The monoisotopic (exact) mass is 239 g/mol. The molecule has 0 aromatic carbocycles. The van der Waals surface area contributed by atoms with Crippen molar-refractivity contribution in [3.05, 3.63) is 11.1 Å². The summed E-state index contributed by atoms with van der Waals surface area (Å²) in [7, 11) is 0. The summed E-state index contributed by atoms with van der Waals surface area (Å²) in [5.74, 6) is -0.0566. The molecule has 16 heavy (non-hydrogen) atoms. The van der Waals surface area contributed by atoms with Gasteiger partial charge in [-0.3, -0.25) is 9.69 Å². The summed E-state index contributed by atoms with van der Waals surface area (Å²) in [6.07, 6.45) is 3.94. The van der Waals surface area contributed by atoms with E-state index >= 15 is 0 Å². The van der Waals surface area contributed by atoms with Gasteiger partial charge in [-0.25, -0.2) is 4.98 Å². The van der Waals surface area contributed by atoms with Gasteiger partial charge in [0, 0.05) is 18.8 Å². The number of nitrogens with one attached hydrogen (secondary N) is 1. The molecule has 1 aliphatic heterocycles. The van der Waals surface area contributed by atoms with E-state index in [9.17, 15) is 4.79 Å². The molecule has 1 aromatic rings. The van der Waals surface area contributed by atoms with Gasteiger partial charge in [0.2, 0.25) is 5.91 Å². The van der Waals surface area contributed by atoms with Crippen LogP contribution >= 0.6 is 11.3 Å². The second-order valence-corrected chi connectivity index (χ2v) is 5.02. The van der Waals surface area contributed by atoms with Crippen molar-refractivity contribution in [1.29, 1.82) is 0 Å². The van der Waals surface area contributed by atoms with Crippen molar-refractivity contribution in [2.24, 2.45) is 0 Å². The predicted octanol–water partition coefficient (Wildman–Crippen LogP) is 2.09. The van der Waals surface area contributed by atoms with Crippen LogP contribution in [0.4, 0.5) is 5.13 Å². The Kier molecular flexibility index (Phi) is 3.90. The van der Waals surface area contributed by atoms with Gasteiger partial charge in [0.05, 0.1) is 5.69 Å². The number of carbonyl (C=O) groups is 1. The van der Waals surface area contributed by atoms with Gasteiger partial charge in [-0.1, -0.05) is 6.42 Å². The molecular weight excluding hydrogens is 222 g/mol. The number of carbonyl (C=O) groups excluding carboxylic acids is 1. The largest absolute Gasteiger partial charge is 0.302 e. The summed E-state index contributed by atoms with van der Waals surface area (Å²) in [4.78, 5) is 17.7. The molecule has 0 aliphatic carbocycles. The average Bonchev–Trinajstić information content (AvgIpc) is 2.66. The third-order valence-electron chi connectivity index (χ3n) is 2.67. The first-order valence-corrected chi connectivity index (χ1v) is 6.56. The van der Waals surface area contributed by atoms with E-state index in [1.54, 1.807) is 0 Å². The van der Waals surface area contributed by atoms with E-state index < -0.39 is 0 Å². The smallest absolute Gasteiger partial charge is 0.223 e. The van der Waals surface area contributed by atoms with E-state index in [1.165, 1.54) is 50.6 Å². The van der Waals surface area contributed by atoms with Gasteiger partial charge in [-0.2, -0.15) is 0 Å². The number of aromatic nitrogens is 1. The number of likely N-dealkylation sites (tertiary alicyclic amines) is 1. The number of piperidine rings is 1. The maximum atomic E-state index is 10.9. The minimum atomic E-state index is -0.0566. The van der Waals surface area contributed by atoms with Gasteiger partial charge in [0.15, 0.2) is 5.13 Å². The zero-order valence-electron chi connectivity index (χ0n) is 9.53. The lowest BCUT2D eigenvalue weighted by Crippen LogP contribution is -2.29. The molecule has 1 N–H and O–H groups in total. The van der Waals surface area contributed by atoms with Gasteiger partial charge in [0.1, 0.15) is 0 Å². The molecule has 0 spiro atoms. The Hall–Kier alpha value is -0.940. The van der Waals surface area contributed by atoms with E-state index in [0.717, 1.165) is 12.2 Å². The molecule has 0 radical (unpaired) electrons. The number of thiazole rings is 1. The molecule has 0 atom stereocenters. The molecule has 1 fully saturated rings. The van der Waals surface area contributed by atoms with Crippen LogP contribution in [0, 0.1) is 0 Å². The van der Waals surface area contributed by atoms with Gasteiger partial charge in [0.25, 0.3) is 0 Å². The Morgan fingerprint density at radius 2 is 2.25 bits per heavy atom. The number of rotatable bonds is 3. The highest BCUT2D eigenvalue weighted by atomic mass is 32.1. The van der Waals surface area contributed by atoms with Crippen LogP contribution in [-0.2, 0) is 11.3 Å². The Bertz CT molecular complexity index is 358. The second kappa shape index (κ2) is 5.41. The zero-order chi connectivity index (χ0) is 11.4. The summed E-state index contributed by atoms with van der Waals surface area (Å²) in [5.41, 5.74) is 1.07. The van der Waals surface area contributed by atoms with E-state index in [-0.39, 0.29) is 5.91 Å². The lowest BCUT2D eigenvalue weighted by atomic mass is 10.1. The Morgan fingerprint density at radius 1 is 1.50 bits per heavy atom. The quantitative estimate of drug-likeness (QED) is 0.878. The van der Waals surface area contributed by atoms with Crippen LogP contribution in [0.3, 0.4) is 0 Å². The average molecular weight is 239 g/mol. The zero-order valence-corrected chi connectivity index (χ0v) is 10.3. The fourth-order valence-corrected chi connectivity index (χ4v) is 2.68. The van der Waals surface area contributed by atoms with Crippen molar-refractivity contribution < 1.29 is 4.79 Å². The van der Waals surface area contributed by atoms with Crippen molar-refractivity contribution in [3.63, 3.8) is 0 Å². The van der Waals surface area contributed by atoms with Crippen LogP contribution in [0.5, 0.6) is 0 Å². The SMILES string of the molecule is CC(=O)Nc1nc(CN2CCCCC2)cs1. The maximum absolute atomic E-state index is 10.9. The van der Waals surface area contributed by atoms with Crippen LogP contribution < -0.4 is 5.32 Å². The lowest BCUT2D eigenvalue weighted by Gasteiger charge is -2.25. The maximum Gasteiger partial charge on any atom is 0.223 e. The van der Waals surface area contributed by atoms with Crippen LogP contribution in [0.2, 0.25) is 0 Å². The molecule has 4 nitrogen and oxygen atoms in total. The van der Waals surface area contributed by atoms with Crippen molar-refractivity contribution in [1.82, 2.24) is 9.88 Å². The lowest BCUT2D eigenvalue weighted by molar-refractivity contribution is -0.114. The topological polar surface area (TPSA) is 45.2 Å². The Morgan fingerprint density at radius 3 is 2.94 bits per heavy atom. The molecule has 0 unspecified atom stereocenters. The fourth-order valence-electron chi connectivity index (χ4n) is 1.93. The number of amides is 1. The molecule has 0 bridgehead atoms. The van der Waals surface area contributed by atoms with Gasteiger partial charge >= 0.3 is 0 Å². The van der Waals surface area contributed by atoms with Crippen molar-refractivity contribution in [2.75, 3.05) is 18.4 Å². The molecule has 88 valence electrons. The summed E-state index contributed by atoms with van der Waals surface area (Å²) < 4.78 is 0. The number of anilines is 1. The number of hydrogen-bond acceptors (Lipinski definition) is 4. The Balaban J connectivity index is 1.88. The summed E-state index contributed by atoms with van der Waals surface area (Å²) >= 11 is 1.50. The van der Waals surface area contributed by atoms with E-state index in [0.29, 0.717) is 5.13 Å². The minimum absolute atomic E-state index is 0.0566. The van der Waals surface area contributed by atoms with Crippen LogP contribution in [-0.4, -0.2) is 28.9 Å². The van der Waals surface area contributed by atoms with Gasteiger partial charge in [-0.15, -0.1) is 11.3 Å². The predicted molar refractivity (Wildman–Crippen MR) is 65.5 cm³/mol. The van der Waals surface area contributed by atoms with Crippen LogP contribution in [0.25, 0.3) is 0 Å². The summed E-state index contributed by atoms with van der Waals surface area (Å²) in [6.45, 7) is 4.77. The standard InChI is InChI=1S/C11H17N3OS/c1-9(15)12-11-13-10(8-16-11)7-14-5-3-2-4-6-14/h8H,2-7H2,1H3,(H,12,13,15). The van der Waals surface area contributed by atoms with Crippen LogP contribution in [0.15, 0.2) is 5.38 Å². The van der Waals surface area contributed by atoms with Crippen molar-refractivity contribution >= 4 is 22.4 Å². The molecule has 1 amide bonds. The first-order valence-electron chi connectivity index (χ1n) is 5.68. The van der Waals surface area contributed by atoms with E-state index in [4.69, 9.17) is 0 Å². The highest BCUT2D eigenvalue weighted by Crippen LogP contribution is 2.18. The van der Waals surface area contributed by atoms with Crippen molar-refractivity contribution in [2.45, 2.75) is 32.7 Å². The first-order chi connectivity index (χ1) is 7.74. The number of hydrogen-bond donors (Lipinski definition) is 1. The minimum Gasteiger partial charge on any atom is -0.302 e. The van der Waals surface area contributed by atoms with E-state index in [1.807, 2.05) is 5.38 Å². The normalized spacial score (nSPS) is 17.3. The molecule has 1 saturated heterocycles. The van der Waals surface area contributed by atoms with E-state index in [2.05, 4.69) is 15.2 Å². The fraction of sp³-hybridized carbons (Fsp3) is 0.636. The molecule has 1 aliphatic rings. The molecule has 2 heterocycles. The van der Waals surface area contributed by atoms with Crippen molar-refractivity contribution in [3.8, 4) is 0 Å². The van der Waals surface area contributed by atoms with Gasteiger partial charge < -0.3 is 5.32 Å². The number of nitrogens with zero attached hydrogens (tertiary/aromatic N) is 2. The third kappa shape index (κ3) is 3.28. The molecule has 5 heteroatoms. The highest BCUT2D eigenvalue weighted by Gasteiger charge is 2.12. The highest BCUT2D eigenvalue weighted by molar-refractivity contribution is 7.13. The summed E-state index contributed by atoms with van der Waals surface area (Å²) in [6, 6.07) is 0. The molecule has 1 aromatic heterocycles. The Labute approximate surface area is 99.7 Å². The molecular formula is C11H17N3OS. The van der Waals surface area contributed by atoms with Gasteiger partial charge in [-0.05, 0) is 25.9 Å².